The topological polar surface area (TPSA) is 40.5 Å². The van der Waals surface area contributed by atoms with Gasteiger partial charge in [0, 0.05) is 6.42 Å². The molecular formula is C13H17NO2. The van der Waals surface area contributed by atoms with Crippen LogP contribution in [0.1, 0.15) is 18.4 Å². The Morgan fingerprint density at radius 3 is 2.62 bits per heavy atom. The summed E-state index contributed by atoms with van der Waals surface area (Å²) in [6, 6.07) is 9.86. The summed E-state index contributed by atoms with van der Waals surface area (Å²) in [5.41, 5.74) is 0.403. The van der Waals surface area contributed by atoms with Crippen LogP contribution in [0.2, 0.25) is 0 Å². The van der Waals surface area contributed by atoms with Gasteiger partial charge in [0.25, 0.3) is 0 Å². The summed E-state index contributed by atoms with van der Waals surface area (Å²) in [6.45, 7) is 0.874. The Balaban J connectivity index is 2.25. The zero-order chi connectivity index (χ0) is 11.6. The van der Waals surface area contributed by atoms with E-state index in [0.717, 1.165) is 24.9 Å². The largest absolute Gasteiger partial charge is 0.480 e. The third-order valence-electron chi connectivity index (χ3n) is 3.55. The van der Waals surface area contributed by atoms with Crippen LogP contribution in [-0.4, -0.2) is 35.1 Å². The average molecular weight is 219 g/mol. The van der Waals surface area contributed by atoms with Crippen LogP contribution in [0.5, 0.6) is 0 Å². The van der Waals surface area contributed by atoms with E-state index in [1.807, 2.05) is 42.3 Å². The van der Waals surface area contributed by atoms with Crippen LogP contribution in [0.4, 0.5) is 0 Å². The number of likely N-dealkylation sites (tertiary alicyclic amines) is 1. The number of benzene rings is 1. The number of carboxylic acid groups (broad SMARTS) is 1. The van der Waals surface area contributed by atoms with E-state index < -0.39 is 11.5 Å². The van der Waals surface area contributed by atoms with Gasteiger partial charge in [-0.15, -0.1) is 0 Å². The molecule has 0 aliphatic carbocycles. The molecule has 0 amide bonds. The zero-order valence-electron chi connectivity index (χ0n) is 9.52. The van der Waals surface area contributed by atoms with Gasteiger partial charge in [0.15, 0.2) is 0 Å². The Hall–Kier alpha value is -1.35. The molecule has 1 aromatic rings. The highest BCUT2D eigenvalue weighted by atomic mass is 16.4. The minimum Gasteiger partial charge on any atom is -0.480 e. The molecule has 1 N–H and O–H groups in total. The van der Waals surface area contributed by atoms with E-state index in [4.69, 9.17) is 0 Å². The van der Waals surface area contributed by atoms with E-state index >= 15 is 0 Å². The van der Waals surface area contributed by atoms with Crippen LogP contribution < -0.4 is 0 Å². The van der Waals surface area contributed by atoms with Crippen molar-refractivity contribution in [2.75, 3.05) is 13.6 Å². The number of aliphatic carboxylic acids is 1. The quantitative estimate of drug-likeness (QED) is 0.842. The third-order valence-corrected chi connectivity index (χ3v) is 3.55. The number of rotatable bonds is 3. The summed E-state index contributed by atoms with van der Waals surface area (Å²) in [5, 5.41) is 9.45. The maximum Gasteiger partial charge on any atom is 0.324 e. The molecule has 0 unspecified atom stereocenters. The Morgan fingerprint density at radius 2 is 2.12 bits per heavy atom. The van der Waals surface area contributed by atoms with Gasteiger partial charge in [-0.1, -0.05) is 30.3 Å². The van der Waals surface area contributed by atoms with Crippen LogP contribution in [0.25, 0.3) is 0 Å². The van der Waals surface area contributed by atoms with Gasteiger partial charge in [-0.3, -0.25) is 9.69 Å². The van der Waals surface area contributed by atoms with Gasteiger partial charge < -0.3 is 5.11 Å². The van der Waals surface area contributed by atoms with Gasteiger partial charge in [0.05, 0.1) is 0 Å². The fraction of sp³-hybridized carbons (Fsp3) is 0.462. The first-order valence-electron chi connectivity index (χ1n) is 5.64. The van der Waals surface area contributed by atoms with Gasteiger partial charge >= 0.3 is 5.97 Å². The van der Waals surface area contributed by atoms with E-state index in [9.17, 15) is 9.90 Å². The van der Waals surface area contributed by atoms with Crippen LogP contribution in [0.15, 0.2) is 30.3 Å². The Kier molecular flexibility index (Phi) is 2.97. The first-order valence-corrected chi connectivity index (χ1v) is 5.64. The highest BCUT2D eigenvalue weighted by Gasteiger charge is 2.45. The number of likely N-dealkylation sites (N-methyl/N-ethyl adjacent to an activating group) is 1. The highest BCUT2D eigenvalue weighted by Crippen LogP contribution is 2.31. The maximum atomic E-state index is 11.5. The lowest BCUT2D eigenvalue weighted by molar-refractivity contribution is -0.148. The SMILES string of the molecule is CN1CCC[C@]1(Cc1ccccc1)C(=O)O. The maximum absolute atomic E-state index is 11.5. The van der Waals surface area contributed by atoms with E-state index in [1.165, 1.54) is 0 Å². The van der Waals surface area contributed by atoms with Crippen molar-refractivity contribution in [2.24, 2.45) is 0 Å². The van der Waals surface area contributed by atoms with Gasteiger partial charge in [-0.05, 0) is 32.0 Å². The second-order valence-electron chi connectivity index (χ2n) is 4.52. The molecular weight excluding hydrogens is 202 g/mol. The van der Waals surface area contributed by atoms with Gasteiger partial charge in [-0.25, -0.2) is 0 Å². The highest BCUT2D eigenvalue weighted by molar-refractivity contribution is 5.79. The second-order valence-corrected chi connectivity index (χ2v) is 4.52. The van der Waals surface area contributed by atoms with Gasteiger partial charge in [-0.2, -0.15) is 0 Å². The second kappa shape index (κ2) is 4.26. The third kappa shape index (κ3) is 1.83. The number of carbonyl (C=O) groups is 1. The van der Waals surface area contributed by atoms with Crippen molar-refractivity contribution >= 4 is 5.97 Å². The lowest BCUT2D eigenvalue weighted by atomic mass is 9.88. The van der Waals surface area contributed by atoms with Crippen molar-refractivity contribution in [1.82, 2.24) is 4.90 Å². The van der Waals surface area contributed by atoms with E-state index in [0.29, 0.717) is 6.42 Å². The molecule has 1 aliphatic heterocycles. The molecule has 1 heterocycles. The molecule has 0 aromatic heterocycles. The fourth-order valence-corrected chi connectivity index (χ4v) is 2.52. The average Bonchev–Trinajstić information content (AvgIpc) is 2.63. The molecule has 0 radical (unpaired) electrons. The predicted octanol–water partition coefficient (Wildman–Crippen LogP) is 1.78. The fourth-order valence-electron chi connectivity index (χ4n) is 2.52. The number of nitrogens with zero attached hydrogens (tertiary/aromatic N) is 1. The lowest BCUT2D eigenvalue weighted by Crippen LogP contribution is -2.50. The minimum absolute atomic E-state index is 0.597. The first-order chi connectivity index (χ1) is 7.65. The van der Waals surface area contributed by atoms with E-state index in [2.05, 4.69) is 0 Å². The summed E-state index contributed by atoms with van der Waals surface area (Å²) in [6.07, 6.45) is 2.31. The van der Waals surface area contributed by atoms with Crippen LogP contribution in [-0.2, 0) is 11.2 Å². The summed E-state index contributed by atoms with van der Waals surface area (Å²) in [7, 11) is 1.91. The molecule has 3 heteroatoms. The molecule has 86 valence electrons. The molecule has 1 atom stereocenters. The van der Waals surface area contributed by atoms with Crippen molar-refractivity contribution in [3.8, 4) is 0 Å². The molecule has 1 saturated heterocycles. The number of carboxylic acids is 1. The number of hydrogen-bond acceptors (Lipinski definition) is 2. The van der Waals surface area contributed by atoms with Crippen LogP contribution in [0, 0.1) is 0 Å². The van der Waals surface area contributed by atoms with Crippen molar-refractivity contribution in [1.29, 1.82) is 0 Å². The smallest absolute Gasteiger partial charge is 0.324 e. The Labute approximate surface area is 95.7 Å². The molecule has 1 aromatic carbocycles. The summed E-state index contributed by atoms with van der Waals surface area (Å²) < 4.78 is 0. The zero-order valence-corrected chi connectivity index (χ0v) is 9.52. The van der Waals surface area contributed by atoms with Gasteiger partial charge in [0.1, 0.15) is 5.54 Å². The Bertz CT molecular complexity index is 377. The van der Waals surface area contributed by atoms with Crippen LogP contribution in [0.3, 0.4) is 0 Å². The normalized spacial score (nSPS) is 25.8. The number of hydrogen-bond donors (Lipinski definition) is 1. The predicted molar refractivity (Wildman–Crippen MR) is 62.4 cm³/mol. The monoisotopic (exact) mass is 219 g/mol. The Morgan fingerprint density at radius 1 is 1.44 bits per heavy atom. The molecule has 1 fully saturated rings. The van der Waals surface area contributed by atoms with E-state index in [-0.39, 0.29) is 0 Å². The molecule has 0 spiro atoms. The van der Waals surface area contributed by atoms with E-state index in [1.54, 1.807) is 0 Å². The molecule has 0 saturated carbocycles. The minimum atomic E-state index is -0.698. The molecule has 16 heavy (non-hydrogen) atoms. The molecule has 0 bridgehead atoms. The first kappa shape index (κ1) is 11.1. The van der Waals surface area contributed by atoms with Crippen molar-refractivity contribution in [3.63, 3.8) is 0 Å². The van der Waals surface area contributed by atoms with Gasteiger partial charge in [0.2, 0.25) is 0 Å². The van der Waals surface area contributed by atoms with Crippen molar-refractivity contribution in [2.45, 2.75) is 24.8 Å². The summed E-state index contributed by atoms with van der Waals surface area (Å²) in [4.78, 5) is 13.5. The van der Waals surface area contributed by atoms with Crippen LogP contribution >= 0.6 is 0 Å². The molecule has 1 aliphatic rings. The van der Waals surface area contributed by atoms with Crippen molar-refractivity contribution < 1.29 is 9.90 Å². The standard InChI is InChI=1S/C13H17NO2/c1-14-9-5-8-13(14,12(15)16)10-11-6-3-2-4-7-11/h2-4,6-7H,5,8-10H2,1H3,(H,15,16)/t13-/m0/s1. The van der Waals surface area contributed by atoms with Crippen molar-refractivity contribution in [3.05, 3.63) is 35.9 Å². The molecule has 3 nitrogen and oxygen atoms in total. The molecule has 2 rings (SSSR count). The lowest BCUT2D eigenvalue weighted by Gasteiger charge is -2.31. The summed E-state index contributed by atoms with van der Waals surface area (Å²) in [5.74, 6) is -0.698. The summed E-state index contributed by atoms with van der Waals surface area (Å²) >= 11 is 0.